The van der Waals surface area contributed by atoms with Crippen LogP contribution in [0.1, 0.15) is 30.8 Å². The van der Waals surface area contributed by atoms with Crippen molar-refractivity contribution in [3.63, 3.8) is 0 Å². The van der Waals surface area contributed by atoms with Crippen LogP contribution in [0.15, 0.2) is 30.3 Å². The number of benzene rings is 1. The summed E-state index contributed by atoms with van der Waals surface area (Å²) in [6.07, 6.45) is 0.891. The Morgan fingerprint density at radius 1 is 1.26 bits per heavy atom. The highest BCUT2D eigenvalue weighted by Crippen LogP contribution is 2.22. The van der Waals surface area contributed by atoms with Gasteiger partial charge in [-0.25, -0.2) is 14.4 Å². The molecule has 100 valence electrons. The lowest BCUT2D eigenvalue weighted by molar-refractivity contribution is 0.625. The first-order valence-corrected chi connectivity index (χ1v) is 6.45. The fourth-order valence-electron chi connectivity index (χ4n) is 2.02. The van der Waals surface area contributed by atoms with Crippen molar-refractivity contribution in [3.05, 3.63) is 47.7 Å². The van der Waals surface area contributed by atoms with Crippen LogP contribution in [0.4, 0.5) is 4.39 Å². The van der Waals surface area contributed by atoms with Crippen molar-refractivity contribution in [1.29, 1.82) is 0 Å². The first kappa shape index (κ1) is 13.6. The molecule has 2 aromatic rings. The number of nitrogens with two attached hydrogens (primary N) is 1. The van der Waals surface area contributed by atoms with Crippen LogP contribution < -0.4 is 5.73 Å². The van der Waals surface area contributed by atoms with Crippen LogP contribution in [0, 0.1) is 12.7 Å². The summed E-state index contributed by atoms with van der Waals surface area (Å²) in [6.45, 7) is 4.49. The Morgan fingerprint density at radius 3 is 2.68 bits per heavy atom. The van der Waals surface area contributed by atoms with E-state index in [2.05, 4.69) is 16.9 Å². The Kier molecular flexibility index (Phi) is 4.22. The molecule has 0 bridgehead atoms. The molecule has 0 fully saturated rings. The van der Waals surface area contributed by atoms with E-state index in [0.717, 1.165) is 29.2 Å². The minimum atomic E-state index is -0.263. The topological polar surface area (TPSA) is 51.8 Å². The minimum absolute atomic E-state index is 0.146. The molecule has 0 aliphatic carbocycles. The number of hydrogen-bond acceptors (Lipinski definition) is 3. The fourth-order valence-corrected chi connectivity index (χ4v) is 2.02. The fraction of sp³-hybridized carbons (Fsp3) is 0.333. The average molecular weight is 259 g/mol. The Balaban J connectivity index is 2.47. The van der Waals surface area contributed by atoms with Crippen LogP contribution in [0.2, 0.25) is 0 Å². The van der Waals surface area contributed by atoms with Crippen LogP contribution in [0.5, 0.6) is 0 Å². The molecule has 1 aromatic heterocycles. The summed E-state index contributed by atoms with van der Waals surface area (Å²) < 4.78 is 13.3. The molecule has 3 nitrogen and oxygen atoms in total. The Labute approximate surface area is 112 Å². The van der Waals surface area contributed by atoms with E-state index in [-0.39, 0.29) is 11.7 Å². The number of rotatable bonds is 4. The van der Waals surface area contributed by atoms with Crippen LogP contribution in [-0.2, 0) is 0 Å². The maximum Gasteiger partial charge on any atom is 0.133 e. The van der Waals surface area contributed by atoms with E-state index < -0.39 is 0 Å². The lowest BCUT2D eigenvalue weighted by Gasteiger charge is -2.13. The SMILES string of the molecule is CCC(CN)c1nc(C)cc(-c2cccc(F)c2)n1. The van der Waals surface area contributed by atoms with Crippen molar-refractivity contribution in [2.75, 3.05) is 6.54 Å². The van der Waals surface area contributed by atoms with Crippen LogP contribution >= 0.6 is 0 Å². The highest BCUT2D eigenvalue weighted by Gasteiger charge is 2.13. The second kappa shape index (κ2) is 5.89. The van der Waals surface area contributed by atoms with Crippen molar-refractivity contribution in [2.24, 2.45) is 5.73 Å². The number of aromatic nitrogens is 2. The molecule has 19 heavy (non-hydrogen) atoms. The molecule has 1 atom stereocenters. The van der Waals surface area contributed by atoms with E-state index in [1.165, 1.54) is 12.1 Å². The first-order chi connectivity index (χ1) is 9.13. The van der Waals surface area contributed by atoms with Crippen LogP contribution in [0.3, 0.4) is 0 Å². The van der Waals surface area contributed by atoms with E-state index in [4.69, 9.17) is 5.73 Å². The van der Waals surface area contributed by atoms with Crippen molar-refractivity contribution in [1.82, 2.24) is 9.97 Å². The maximum atomic E-state index is 13.3. The van der Waals surface area contributed by atoms with Crippen LogP contribution in [0.25, 0.3) is 11.3 Å². The van der Waals surface area contributed by atoms with Gasteiger partial charge in [0.1, 0.15) is 11.6 Å². The van der Waals surface area contributed by atoms with E-state index in [0.29, 0.717) is 6.54 Å². The molecule has 0 amide bonds. The Bertz CT molecular complexity index is 565. The molecule has 0 radical (unpaired) electrons. The molecule has 0 saturated heterocycles. The van der Waals surface area contributed by atoms with Gasteiger partial charge in [-0.3, -0.25) is 0 Å². The standard InChI is InChI=1S/C15H18FN3/c1-3-11(9-17)15-18-10(2)7-14(19-15)12-5-4-6-13(16)8-12/h4-8,11H,3,9,17H2,1-2H3. The maximum absolute atomic E-state index is 13.3. The van der Waals surface area contributed by atoms with Gasteiger partial charge in [0.05, 0.1) is 5.69 Å². The molecule has 2 N–H and O–H groups in total. The lowest BCUT2D eigenvalue weighted by Crippen LogP contribution is -2.15. The third kappa shape index (κ3) is 3.15. The smallest absolute Gasteiger partial charge is 0.133 e. The van der Waals surface area contributed by atoms with Gasteiger partial charge >= 0.3 is 0 Å². The van der Waals surface area contributed by atoms with E-state index in [1.54, 1.807) is 6.07 Å². The van der Waals surface area contributed by atoms with E-state index >= 15 is 0 Å². The summed E-state index contributed by atoms with van der Waals surface area (Å²) in [5.74, 6) is 0.623. The van der Waals surface area contributed by atoms with Gasteiger partial charge in [0.2, 0.25) is 0 Å². The second-order valence-corrected chi connectivity index (χ2v) is 4.60. The summed E-state index contributed by atoms with van der Waals surface area (Å²) in [7, 11) is 0. The van der Waals surface area contributed by atoms with Crippen molar-refractivity contribution in [3.8, 4) is 11.3 Å². The van der Waals surface area contributed by atoms with Crippen molar-refractivity contribution < 1.29 is 4.39 Å². The molecule has 0 aliphatic rings. The molecule has 1 unspecified atom stereocenters. The molecule has 0 aliphatic heterocycles. The molecule has 1 heterocycles. The second-order valence-electron chi connectivity index (χ2n) is 4.60. The molecular weight excluding hydrogens is 241 g/mol. The highest BCUT2D eigenvalue weighted by molar-refractivity contribution is 5.59. The largest absolute Gasteiger partial charge is 0.330 e. The van der Waals surface area contributed by atoms with Gasteiger partial charge in [0.15, 0.2) is 0 Å². The zero-order chi connectivity index (χ0) is 13.8. The molecule has 2 rings (SSSR count). The number of aryl methyl sites for hydroxylation is 1. The third-order valence-corrected chi connectivity index (χ3v) is 3.13. The van der Waals surface area contributed by atoms with Gasteiger partial charge in [-0.1, -0.05) is 19.1 Å². The normalized spacial score (nSPS) is 12.4. The third-order valence-electron chi connectivity index (χ3n) is 3.13. The van der Waals surface area contributed by atoms with Gasteiger partial charge in [-0.05, 0) is 31.5 Å². The Hall–Kier alpha value is -1.81. The predicted molar refractivity (Wildman–Crippen MR) is 74.2 cm³/mol. The molecule has 0 spiro atoms. The van der Waals surface area contributed by atoms with E-state index in [1.807, 2.05) is 19.1 Å². The van der Waals surface area contributed by atoms with Gasteiger partial charge in [0, 0.05) is 23.7 Å². The van der Waals surface area contributed by atoms with Crippen LogP contribution in [-0.4, -0.2) is 16.5 Å². The van der Waals surface area contributed by atoms with E-state index in [9.17, 15) is 4.39 Å². The van der Waals surface area contributed by atoms with Gasteiger partial charge < -0.3 is 5.73 Å². The van der Waals surface area contributed by atoms with Crippen molar-refractivity contribution >= 4 is 0 Å². The van der Waals surface area contributed by atoms with Gasteiger partial charge in [-0.2, -0.15) is 0 Å². The summed E-state index contributed by atoms with van der Waals surface area (Å²) in [6, 6.07) is 8.30. The first-order valence-electron chi connectivity index (χ1n) is 6.45. The zero-order valence-corrected chi connectivity index (χ0v) is 11.2. The zero-order valence-electron chi connectivity index (χ0n) is 11.2. The number of nitrogens with zero attached hydrogens (tertiary/aromatic N) is 2. The molecule has 0 saturated carbocycles. The molecule has 1 aromatic carbocycles. The lowest BCUT2D eigenvalue weighted by atomic mass is 10.0. The summed E-state index contributed by atoms with van der Waals surface area (Å²) in [4.78, 5) is 8.97. The molecular formula is C15H18FN3. The monoisotopic (exact) mass is 259 g/mol. The summed E-state index contributed by atoms with van der Waals surface area (Å²) in [5, 5.41) is 0. The minimum Gasteiger partial charge on any atom is -0.330 e. The highest BCUT2D eigenvalue weighted by atomic mass is 19.1. The Morgan fingerprint density at radius 2 is 2.05 bits per heavy atom. The summed E-state index contributed by atoms with van der Waals surface area (Å²) in [5.41, 5.74) is 8.12. The van der Waals surface area contributed by atoms with Gasteiger partial charge in [-0.15, -0.1) is 0 Å². The number of hydrogen-bond donors (Lipinski definition) is 1. The average Bonchev–Trinajstić information content (AvgIpc) is 2.39. The summed E-state index contributed by atoms with van der Waals surface area (Å²) >= 11 is 0. The quantitative estimate of drug-likeness (QED) is 0.918. The van der Waals surface area contributed by atoms with Crippen molar-refractivity contribution in [2.45, 2.75) is 26.2 Å². The predicted octanol–water partition coefficient (Wildman–Crippen LogP) is 3.04. The number of halogens is 1. The molecule has 4 heteroatoms. The van der Waals surface area contributed by atoms with Gasteiger partial charge in [0.25, 0.3) is 0 Å².